The lowest BCUT2D eigenvalue weighted by Gasteiger charge is -2.20. The van der Waals surface area contributed by atoms with Gasteiger partial charge in [0, 0.05) is 47.3 Å². The summed E-state index contributed by atoms with van der Waals surface area (Å²) >= 11 is 6.22. The van der Waals surface area contributed by atoms with Crippen LogP contribution in [0, 0.1) is 5.92 Å². The van der Waals surface area contributed by atoms with Gasteiger partial charge in [0.05, 0.1) is 30.2 Å². The largest absolute Gasteiger partial charge is 0.447 e. The Balaban J connectivity index is 1.34. The molecule has 0 spiro atoms. The molecule has 0 unspecified atom stereocenters. The summed E-state index contributed by atoms with van der Waals surface area (Å²) in [6, 6.07) is 10.5. The number of nitrogens with one attached hydrogen (secondary N) is 4. The Kier molecular flexibility index (Phi) is 10.2. The highest BCUT2D eigenvalue weighted by Gasteiger charge is 2.20. The maximum atomic E-state index is 13.1. The third-order valence-corrected chi connectivity index (χ3v) is 7.38. The van der Waals surface area contributed by atoms with Gasteiger partial charge in [-0.1, -0.05) is 24.9 Å². The van der Waals surface area contributed by atoms with E-state index in [9.17, 15) is 9.59 Å². The number of fused-ring (bicyclic) bond motifs is 4. The molecule has 14 heteroatoms. The molecular weight excluding hydrogens is 586 g/mol. The number of carbonyl (C=O) groups is 2. The molecule has 2 amide bonds. The number of nitrogens with zero attached hydrogens (tertiary/aromatic N) is 5. The number of rotatable bonds is 8. The van der Waals surface area contributed by atoms with Crippen LogP contribution in [0.3, 0.4) is 0 Å². The van der Waals surface area contributed by atoms with Crippen molar-refractivity contribution in [2.75, 3.05) is 37.5 Å². The average molecular weight is 620 g/mol. The topological polar surface area (TPSA) is 161 Å². The fourth-order valence-electron chi connectivity index (χ4n) is 4.88. The van der Waals surface area contributed by atoms with E-state index in [0.717, 1.165) is 36.3 Å². The second-order valence-electron chi connectivity index (χ2n) is 10.5. The Labute approximate surface area is 259 Å². The van der Waals surface area contributed by atoms with Gasteiger partial charge < -0.3 is 25.1 Å². The number of carbonyl (C=O) groups excluding carboxylic acids is 2. The zero-order chi connectivity index (χ0) is 30.9. The molecule has 5 rings (SSSR count). The molecule has 1 aliphatic heterocycles. The minimum absolute atomic E-state index is 0.163. The Bertz CT molecular complexity index is 1610. The number of tetrazole rings is 1. The van der Waals surface area contributed by atoms with Crippen LogP contribution in [0.2, 0.25) is 5.02 Å². The van der Waals surface area contributed by atoms with Crippen molar-refractivity contribution in [2.24, 2.45) is 5.92 Å². The summed E-state index contributed by atoms with van der Waals surface area (Å²) in [5.41, 5.74) is 4.48. The lowest BCUT2D eigenvalue weighted by Crippen LogP contribution is -2.28. The van der Waals surface area contributed by atoms with Crippen LogP contribution in [0.4, 0.5) is 16.2 Å². The first-order valence-corrected chi connectivity index (χ1v) is 14.6. The predicted molar refractivity (Wildman–Crippen MR) is 166 cm³/mol. The van der Waals surface area contributed by atoms with Crippen LogP contribution in [0.5, 0.6) is 0 Å². The standard InChI is InChI=1S/C30H34ClN9O4/c1-19-4-3-5-24(36-28(41)11-6-20-14-21(31)7-10-27(20)40-18-34-38-39-40)29-33-17-26(37-29)23-9-8-22(15-25(23)32-16-19)35-30(42)44-13-12-43-2/h6-11,14-15,17-19,24,32H,3-5,12-13,16H2,1-2H3,(H,33,37)(H,35,42)(H,36,41)/b11-6+/t19-,24+/m1/s1. The molecule has 1 aliphatic rings. The van der Waals surface area contributed by atoms with Crippen molar-refractivity contribution in [3.05, 3.63) is 71.4 Å². The van der Waals surface area contributed by atoms with Gasteiger partial charge in [0.15, 0.2) is 0 Å². The van der Waals surface area contributed by atoms with Crippen molar-refractivity contribution in [1.29, 1.82) is 0 Å². The van der Waals surface area contributed by atoms with Crippen LogP contribution in [0.15, 0.2) is 55.0 Å². The summed E-state index contributed by atoms with van der Waals surface area (Å²) in [6.07, 6.45) is 8.37. The number of hydrogen-bond acceptors (Lipinski definition) is 9. The van der Waals surface area contributed by atoms with Gasteiger partial charge in [-0.15, -0.1) is 5.10 Å². The van der Waals surface area contributed by atoms with Gasteiger partial charge in [0.2, 0.25) is 5.91 Å². The van der Waals surface area contributed by atoms with Gasteiger partial charge in [-0.3, -0.25) is 10.1 Å². The summed E-state index contributed by atoms with van der Waals surface area (Å²) in [5, 5.41) is 21.2. The van der Waals surface area contributed by atoms with E-state index >= 15 is 0 Å². The van der Waals surface area contributed by atoms with Crippen LogP contribution in [-0.2, 0) is 14.3 Å². The SMILES string of the molecule is COCCOC(=O)Nc1ccc2c(c1)NC[C@H](C)CCC[C@H](NC(=O)/C=C/c1cc(Cl)ccc1-n1cnnn1)c1ncc-2[nH]1. The monoisotopic (exact) mass is 619 g/mol. The smallest absolute Gasteiger partial charge is 0.411 e. The molecule has 2 bridgehead atoms. The molecule has 44 heavy (non-hydrogen) atoms. The number of H-pyrrole nitrogens is 1. The second kappa shape index (κ2) is 14.6. The highest BCUT2D eigenvalue weighted by atomic mass is 35.5. The van der Waals surface area contributed by atoms with Gasteiger partial charge in [0.25, 0.3) is 0 Å². The Morgan fingerprint density at radius 1 is 1.18 bits per heavy atom. The van der Waals surface area contributed by atoms with Crippen LogP contribution in [0.1, 0.15) is 43.6 Å². The molecule has 0 saturated carbocycles. The first-order chi connectivity index (χ1) is 21.4. The zero-order valence-corrected chi connectivity index (χ0v) is 25.2. The number of methoxy groups -OCH3 is 1. The average Bonchev–Trinajstić information content (AvgIpc) is 3.72. The summed E-state index contributed by atoms with van der Waals surface area (Å²) in [6.45, 7) is 3.40. The summed E-state index contributed by atoms with van der Waals surface area (Å²) in [5.74, 6) is 0.746. The Hall–Kier alpha value is -4.75. The first-order valence-electron chi connectivity index (χ1n) is 14.3. The highest BCUT2D eigenvalue weighted by molar-refractivity contribution is 6.30. The van der Waals surface area contributed by atoms with Crippen molar-refractivity contribution in [1.82, 2.24) is 35.5 Å². The van der Waals surface area contributed by atoms with Crippen LogP contribution in [-0.4, -0.2) is 69.0 Å². The van der Waals surface area contributed by atoms with Gasteiger partial charge >= 0.3 is 6.09 Å². The minimum Gasteiger partial charge on any atom is -0.447 e. The number of benzene rings is 2. The fourth-order valence-corrected chi connectivity index (χ4v) is 5.06. The van der Waals surface area contributed by atoms with Crippen LogP contribution < -0.4 is 16.0 Å². The molecular formula is C30H34ClN9O4. The molecule has 3 heterocycles. The van der Waals surface area contributed by atoms with E-state index in [-0.39, 0.29) is 18.6 Å². The maximum Gasteiger partial charge on any atom is 0.411 e. The molecule has 2 aromatic heterocycles. The lowest BCUT2D eigenvalue weighted by atomic mass is 10.00. The quantitative estimate of drug-likeness (QED) is 0.157. The molecule has 4 aromatic rings. The summed E-state index contributed by atoms with van der Waals surface area (Å²) < 4.78 is 11.6. The fraction of sp³-hybridized carbons (Fsp3) is 0.333. The molecule has 2 atom stereocenters. The van der Waals surface area contributed by atoms with Gasteiger partial charge in [-0.05, 0) is 71.7 Å². The molecule has 0 fully saturated rings. The number of halogens is 1. The number of anilines is 2. The van der Waals surface area contributed by atoms with Crippen molar-refractivity contribution in [3.8, 4) is 16.9 Å². The second-order valence-corrected chi connectivity index (χ2v) is 10.9. The van der Waals surface area contributed by atoms with E-state index in [4.69, 9.17) is 21.1 Å². The van der Waals surface area contributed by atoms with E-state index in [2.05, 4.69) is 48.4 Å². The molecule has 0 aliphatic carbocycles. The normalized spacial score (nSPS) is 16.7. The van der Waals surface area contributed by atoms with E-state index in [1.54, 1.807) is 43.6 Å². The van der Waals surface area contributed by atoms with Crippen molar-refractivity contribution < 1.29 is 19.1 Å². The highest BCUT2D eigenvalue weighted by Crippen LogP contribution is 2.32. The number of aromatic amines is 1. The minimum atomic E-state index is -0.554. The van der Waals surface area contributed by atoms with E-state index < -0.39 is 6.09 Å². The molecule has 4 N–H and O–H groups in total. The lowest BCUT2D eigenvalue weighted by molar-refractivity contribution is -0.117. The maximum absolute atomic E-state index is 13.1. The van der Waals surface area contributed by atoms with Crippen LogP contribution in [0.25, 0.3) is 23.0 Å². The molecule has 13 nitrogen and oxygen atoms in total. The Morgan fingerprint density at radius 3 is 2.89 bits per heavy atom. The third-order valence-electron chi connectivity index (χ3n) is 7.15. The van der Waals surface area contributed by atoms with E-state index in [1.807, 2.05) is 12.1 Å². The zero-order valence-electron chi connectivity index (χ0n) is 24.4. The number of aromatic nitrogens is 6. The predicted octanol–water partition coefficient (Wildman–Crippen LogP) is 5.00. The number of imidazole rings is 1. The van der Waals surface area contributed by atoms with Gasteiger partial charge in [-0.2, -0.15) is 4.68 Å². The molecule has 230 valence electrons. The molecule has 0 saturated heterocycles. The van der Waals surface area contributed by atoms with Gasteiger partial charge in [-0.25, -0.2) is 9.78 Å². The van der Waals surface area contributed by atoms with Crippen molar-refractivity contribution in [2.45, 2.75) is 32.2 Å². The van der Waals surface area contributed by atoms with Crippen molar-refractivity contribution >= 4 is 41.1 Å². The van der Waals surface area contributed by atoms with Gasteiger partial charge in [0.1, 0.15) is 18.8 Å². The molecule has 0 radical (unpaired) electrons. The van der Waals surface area contributed by atoms with E-state index in [1.165, 1.54) is 17.1 Å². The number of hydrogen-bond donors (Lipinski definition) is 4. The van der Waals surface area contributed by atoms with E-state index in [0.29, 0.717) is 46.7 Å². The Morgan fingerprint density at radius 2 is 2.07 bits per heavy atom. The third kappa shape index (κ3) is 7.99. The first kappa shape index (κ1) is 30.7. The number of ether oxygens (including phenoxy) is 2. The summed E-state index contributed by atoms with van der Waals surface area (Å²) in [7, 11) is 1.55. The van der Waals surface area contributed by atoms with Crippen molar-refractivity contribution in [3.63, 3.8) is 0 Å². The summed E-state index contributed by atoms with van der Waals surface area (Å²) in [4.78, 5) is 33.4. The molecule has 2 aromatic carbocycles. The number of amides is 2. The van der Waals surface area contributed by atoms with Crippen LogP contribution >= 0.6 is 11.6 Å².